The molecule has 43 heavy (non-hydrogen) atoms. The van der Waals surface area contributed by atoms with Crippen LogP contribution in [0.4, 0.5) is 10.1 Å². The summed E-state index contributed by atoms with van der Waals surface area (Å²) < 4.78 is 17.7. The minimum absolute atomic E-state index is 0.0187. The van der Waals surface area contributed by atoms with E-state index in [1.165, 1.54) is 15.8 Å². The van der Waals surface area contributed by atoms with Crippen LogP contribution in [0, 0.1) is 6.92 Å². The Hall–Kier alpha value is -5.46. The molecule has 220 valence electrons. The average Bonchev–Trinajstić information content (AvgIpc) is 3.70. The number of nitrogens with two attached hydrogens (primary N) is 1. The summed E-state index contributed by atoms with van der Waals surface area (Å²) >= 11 is 0. The maximum Gasteiger partial charge on any atom is 0.269 e. The Morgan fingerprint density at radius 3 is 2.70 bits per heavy atom. The zero-order chi connectivity index (χ0) is 30.7. The minimum atomic E-state index is -1.38. The first-order valence-corrected chi connectivity index (χ1v) is 13.5. The van der Waals surface area contributed by atoms with Crippen molar-refractivity contribution in [3.8, 4) is 5.69 Å². The zero-order valence-electron chi connectivity index (χ0n) is 23.6. The van der Waals surface area contributed by atoms with E-state index in [-0.39, 0.29) is 25.2 Å². The predicted molar refractivity (Wildman–Crippen MR) is 159 cm³/mol. The van der Waals surface area contributed by atoms with Gasteiger partial charge in [0.25, 0.3) is 5.91 Å². The van der Waals surface area contributed by atoms with Gasteiger partial charge in [-0.15, -0.1) is 0 Å². The quantitative estimate of drug-likeness (QED) is 0.283. The molecule has 3 heterocycles. The van der Waals surface area contributed by atoms with Gasteiger partial charge in [-0.2, -0.15) is 20.4 Å². The zero-order valence-corrected chi connectivity index (χ0v) is 23.6. The van der Waals surface area contributed by atoms with E-state index in [1.54, 1.807) is 53.5 Å². The van der Waals surface area contributed by atoms with Crippen molar-refractivity contribution < 1.29 is 18.8 Å². The van der Waals surface area contributed by atoms with Gasteiger partial charge in [0.15, 0.2) is 5.69 Å². The van der Waals surface area contributed by atoms with Crippen LogP contribution in [0.25, 0.3) is 22.2 Å². The minimum Gasteiger partial charge on any atom is -0.364 e. The number of hydrogen-bond acceptors (Lipinski definition) is 7. The maximum absolute atomic E-state index is 14.7. The molecule has 0 spiro atoms. The highest BCUT2D eigenvalue weighted by molar-refractivity contribution is 6.05. The number of carbonyl (C=O) groups excluding carboxylic acids is 3. The summed E-state index contributed by atoms with van der Waals surface area (Å²) in [7, 11) is 0. The van der Waals surface area contributed by atoms with E-state index in [0.29, 0.717) is 22.3 Å². The number of hydrogen-bond donors (Lipinski definition) is 2. The summed E-state index contributed by atoms with van der Waals surface area (Å²) in [5, 5.41) is 19.5. The van der Waals surface area contributed by atoms with E-state index in [9.17, 15) is 18.8 Å². The summed E-state index contributed by atoms with van der Waals surface area (Å²) in [5.41, 5.74) is 9.54. The van der Waals surface area contributed by atoms with Crippen molar-refractivity contribution in [1.29, 1.82) is 0 Å². The summed E-state index contributed by atoms with van der Waals surface area (Å²) in [6, 6.07) is 13.1. The third-order valence-corrected chi connectivity index (χ3v) is 7.22. The molecule has 1 saturated heterocycles. The summed E-state index contributed by atoms with van der Waals surface area (Å²) in [5.74, 6) is -1.81. The molecule has 12 nitrogen and oxygen atoms in total. The number of allylic oxidation sites excluding steroid dienone is 1. The lowest BCUT2D eigenvalue weighted by Crippen LogP contribution is -2.44. The summed E-state index contributed by atoms with van der Waals surface area (Å²) in [6.07, 6.45) is 2.97. The molecule has 2 atom stereocenters. The molecule has 0 bridgehead atoms. The number of aryl methyl sites for hydroxylation is 1. The molecule has 0 radical (unpaired) electrons. The van der Waals surface area contributed by atoms with Crippen molar-refractivity contribution in [2.75, 3.05) is 11.9 Å². The standard InChI is InChI=1S/C30H30FN9O3/c1-4-33-34-15-18(2)20-9-10-24-22(13-20)28(29(32)42)37-39(24)17-27(41)38-16-21(31)14-26(38)30(43)36-23-7-5-6-8-25(23)40-19(3)11-12-35-40/h4-13,15,21,26H,1,14,16-17H2,2-3H3,(H2,32,42)(H,36,43)/b18-15+,34-33?. The van der Waals surface area contributed by atoms with Crippen molar-refractivity contribution >= 4 is 39.9 Å². The van der Waals surface area contributed by atoms with Crippen LogP contribution in [-0.2, 0) is 16.1 Å². The fourth-order valence-electron chi connectivity index (χ4n) is 5.10. The third kappa shape index (κ3) is 5.96. The number of fused-ring (bicyclic) bond motifs is 1. The molecule has 5 rings (SSSR count). The molecule has 2 unspecified atom stereocenters. The van der Waals surface area contributed by atoms with Crippen molar-refractivity contribution in [1.82, 2.24) is 24.5 Å². The second-order valence-corrected chi connectivity index (χ2v) is 10.1. The lowest BCUT2D eigenvalue weighted by Gasteiger charge is -2.24. The van der Waals surface area contributed by atoms with Crippen LogP contribution in [0.15, 0.2) is 83.9 Å². The number of amides is 3. The number of azo groups is 1. The molecule has 1 fully saturated rings. The highest BCUT2D eigenvalue weighted by atomic mass is 19.1. The Morgan fingerprint density at radius 2 is 1.98 bits per heavy atom. The smallest absolute Gasteiger partial charge is 0.269 e. The van der Waals surface area contributed by atoms with E-state index < -0.39 is 29.9 Å². The molecular weight excluding hydrogens is 553 g/mol. The maximum atomic E-state index is 14.7. The van der Waals surface area contributed by atoms with Gasteiger partial charge in [0.2, 0.25) is 11.8 Å². The van der Waals surface area contributed by atoms with Crippen molar-refractivity contribution in [3.63, 3.8) is 0 Å². The van der Waals surface area contributed by atoms with Crippen molar-refractivity contribution in [3.05, 3.63) is 90.7 Å². The van der Waals surface area contributed by atoms with Gasteiger partial charge in [-0.05, 0) is 55.3 Å². The fourth-order valence-corrected chi connectivity index (χ4v) is 5.10. The van der Waals surface area contributed by atoms with Crippen LogP contribution in [0.5, 0.6) is 0 Å². The molecule has 3 amide bonds. The monoisotopic (exact) mass is 583 g/mol. The third-order valence-electron chi connectivity index (χ3n) is 7.22. The van der Waals surface area contributed by atoms with Crippen LogP contribution >= 0.6 is 0 Å². The number of primary amides is 1. The Labute approximate surface area is 246 Å². The predicted octanol–water partition coefficient (Wildman–Crippen LogP) is 4.16. The van der Waals surface area contributed by atoms with Crippen LogP contribution in [0.1, 0.15) is 35.1 Å². The lowest BCUT2D eigenvalue weighted by molar-refractivity contribution is -0.137. The fraction of sp³-hybridized carbons (Fsp3) is 0.233. The van der Waals surface area contributed by atoms with Gasteiger partial charge in [-0.1, -0.05) is 24.8 Å². The molecule has 0 saturated carbocycles. The highest BCUT2D eigenvalue weighted by Crippen LogP contribution is 2.27. The number of para-hydroxylation sites is 2. The van der Waals surface area contributed by atoms with Crippen molar-refractivity contribution in [2.24, 2.45) is 16.0 Å². The molecule has 13 heteroatoms. The first-order valence-electron chi connectivity index (χ1n) is 13.5. The summed E-state index contributed by atoms with van der Waals surface area (Å²) in [4.78, 5) is 40.4. The van der Waals surface area contributed by atoms with Gasteiger partial charge >= 0.3 is 0 Å². The van der Waals surface area contributed by atoms with E-state index in [2.05, 4.69) is 32.3 Å². The van der Waals surface area contributed by atoms with Crippen LogP contribution in [-0.4, -0.2) is 60.9 Å². The Bertz CT molecular complexity index is 1790. The lowest BCUT2D eigenvalue weighted by atomic mass is 10.0. The van der Waals surface area contributed by atoms with Crippen LogP contribution < -0.4 is 11.1 Å². The van der Waals surface area contributed by atoms with Gasteiger partial charge in [0.1, 0.15) is 18.8 Å². The van der Waals surface area contributed by atoms with Gasteiger partial charge < -0.3 is 16.0 Å². The number of likely N-dealkylation sites (tertiary alicyclic amines) is 1. The average molecular weight is 584 g/mol. The van der Waals surface area contributed by atoms with Gasteiger partial charge in [-0.25, -0.2) is 9.07 Å². The van der Waals surface area contributed by atoms with Gasteiger partial charge in [0.05, 0.1) is 29.6 Å². The van der Waals surface area contributed by atoms with E-state index in [4.69, 9.17) is 5.73 Å². The number of rotatable bonds is 9. The molecule has 1 aliphatic heterocycles. The number of nitrogens with zero attached hydrogens (tertiary/aromatic N) is 7. The highest BCUT2D eigenvalue weighted by Gasteiger charge is 2.40. The Balaban J connectivity index is 1.39. The van der Waals surface area contributed by atoms with Gasteiger partial charge in [-0.3, -0.25) is 19.1 Å². The topological polar surface area (TPSA) is 153 Å². The molecule has 2 aromatic carbocycles. The first kappa shape index (κ1) is 29.0. The van der Waals surface area contributed by atoms with E-state index in [1.807, 2.05) is 26.0 Å². The molecule has 4 aromatic rings. The number of benzene rings is 2. The van der Waals surface area contributed by atoms with Crippen LogP contribution in [0.3, 0.4) is 0 Å². The normalized spacial score (nSPS) is 17.1. The SMILES string of the molecule is C=CN=N/C=C(\C)c1ccc2c(c1)c(C(N)=O)nn2CC(=O)N1CC(F)CC1C(=O)Nc1ccccc1-n1nccc1C. The molecule has 3 N–H and O–H groups in total. The number of halogens is 1. The second-order valence-electron chi connectivity index (χ2n) is 10.1. The molecule has 1 aliphatic rings. The number of carbonyl (C=O) groups is 3. The molecule has 2 aromatic heterocycles. The van der Waals surface area contributed by atoms with Gasteiger partial charge in [0, 0.05) is 29.9 Å². The van der Waals surface area contributed by atoms with E-state index in [0.717, 1.165) is 16.8 Å². The molecular formula is C30H30FN9O3. The first-order chi connectivity index (χ1) is 20.7. The van der Waals surface area contributed by atoms with Crippen molar-refractivity contribution in [2.45, 2.75) is 39.0 Å². The molecule has 0 aliphatic carbocycles. The number of alkyl halides is 1. The summed E-state index contributed by atoms with van der Waals surface area (Å²) in [6.45, 7) is 6.61. The van der Waals surface area contributed by atoms with Crippen LogP contribution in [0.2, 0.25) is 0 Å². The number of anilines is 1. The largest absolute Gasteiger partial charge is 0.364 e. The number of nitrogens with one attached hydrogen (secondary N) is 1. The second kappa shape index (κ2) is 12.2. The van der Waals surface area contributed by atoms with E-state index >= 15 is 0 Å². The Morgan fingerprint density at radius 1 is 1.19 bits per heavy atom. The number of aromatic nitrogens is 4. The Kier molecular flexibility index (Phi) is 8.23.